The summed E-state index contributed by atoms with van der Waals surface area (Å²) in [5.41, 5.74) is 2.52. The topological polar surface area (TPSA) is 100 Å². The number of benzene rings is 3. The fraction of sp³-hybridized carbons (Fsp3) is 0.148. The van der Waals surface area contributed by atoms with Crippen molar-refractivity contribution in [1.82, 2.24) is 0 Å². The average Bonchev–Trinajstić information content (AvgIpc) is 2.85. The summed E-state index contributed by atoms with van der Waals surface area (Å²) in [4.78, 5) is 24.8. The maximum atomic E-state index is 12.6. The van der Waals surface area contributed by atoms with E-state index in [2.05, 4.69) is 10.6 Å². The van der Waals surface area contributed by atoms with E-state index < -0.39 is 5.91 Å². The van der Waals surface area contributed by atoms with E-state index in [1.807, 2.05) is 26.0 Å². The Bertz CT molecular complexity index is 1280. The Morgan fingerprint density at radius 2 is 1.71 bits per heavy atom. The minimum Gasteiger partial charge on any atom is -0.494 e. The van der Waals surface area contributed by atoms with E-state index in [0.29, 0.717) is 40.1 Å². The van der Waals surface area contributed by atoms with Gasteiger partial charge in [0.2, 0.25) is 0 Å². The van der Waals surface area contributed by atoms with Crippen molar-refractivity contribution in [2.24, 2.45) is 0 Å². The van der Waals surface area contributed by atoms with Gasteiger partial charge in [-0.15, -0.1) is 0 Å². The first kappa shape index (κ1) is 25.3. The lowest BCUT2D eigenvalue weighted by atomic mass is 10.1. The third-order valence-electron chi connectivity index (χ3n) is 4.78. The summed E-state index contributed by atoms with van der Waals surface area (Å²) in [6, 6.07) is 20.8. The molecule has 178 valence electrons. The van der Waals surface area contributed by atoms with Gasteiger partial charge in [-0.25, -0.2) is 0 Å². The van der Waals surface area contributed by atoms with Gasteiger partial charge in [-0.1, -0.05) is 29.8 Å². The van der Waals surface area contributed by atoms with E-state index in [0.717, 1.165) is 5.56 Å². The molecule has 0 unspecified atom stereocenters. The zero-order valence-corrected chi connectivity index (χ0v) is 20.1. The molecule has 0 aliphatic heterocycles. The number of amides is 2. The van der Waals surface area contributed by atoms with Crippen molar-refractivity contribution in [2.75, 3.05) is 23.8 Å². The second-order valence-corrected chi connectivity index (χ2v) is 7.86. The Labute approximate surface area is 208 Å². The minimum absolute atomic E-state index is 0.0787. The first-order chi connectivity index (χ1) is 16.9. The summed E-state index contributed by atoms with van der Waals surface area (Å²) < 4.78 is 10.9. The molecule has 0 saturated carbocycles. The molecule has 0 heterocycles. The molecule has 35 heavy (non-hydrogen) atoms. The smallest absolute Gasteiger partial charge is 0.266 e. The molecule has 2 amide bonds. The van der Waals surface area contributed by atoms with Crippen molar-refractivity contribution < 1.29 is 19.1 Å². The first-order valence-electron chi connectivity index (χ1n) is 10.8. The first-order valence-corrected chi connectivity index (χ1v) is 11.2. The molecule has 2 N–H and O–H groups in total. The molecule has 0 aliphatic carbocycles. The van der Waals surface area contributed by atoms with E-state index in [1.54, 1.807) is 60.7 Å². The Morgan fingerprint density at radius 3 is 2.40 bits per heavy atom. The van der Waals surface area contributed by atoms with Crippen LogP contribution < -0.4 is 20.1 Å². The van der Waals surface area contributed by atoms with Gasteiger partial charge in [-0.2, -0.15) is 5.26 Å². The number of nitrogens with zero attached hydrogens (tertiary/aromatic N) is 1. The molecule has 0 bridgehead atoms. The Kier molecular flexibility index (Phi) is 8.88. The summed E-state index contributed by atoms with van der Waals surface area (Å²) in [6.45, 7) is 4.08. The highest BCUT2D eigenvalue weighted by atomic mass is 35.5. The van der Waals surface area contributed by atoms with Crippen molar-refractivity contribution >= 4 is 40.9 Å². The lowest BCUT2D eigenvalue weighted by molar-refractivity contribution is -0.118. The van der Waals surface area contributed by atoms with Crippen LogP contribution in [-0.4, -0.2) is 25.0 Å². The number of hydrogen-bond donors (Lipinski definition) is 2. The van der Waals surface area contributed by atoms with Crippen LogP contribution in [0.4, 0.5) is 11.4 Å². The van der Waals surface area contributed by atoms with Gasteiger partial charge in [0.1, 0.15) is 23.1 Å². The van der Waals surface area contributed by atoms with E-state index in [-0.39, 0.29) is 18.1 Å². The molecule has 0 atom stereocenters. The van der Waals surface area contributed by atoms with Crippen LogP contribution in [-0.2, 0) is 9.59 Å². The SMILES string of the molecule is CCOc1ccc(NC(=O)/C(C#N)=C/c2cccc(OCC(=O)Nc3ccc(C)c(Cl)c3)c2)cc1. The van der Waals surface area contributed by atoms with Crippen LogP contribution in [0.2, 0.25) is 5.02 Å². The van der Waals surface area contributed by atoms with Crippen molar-refractivity contribution in [1.29, 1.82) is 5.26 Å². The number of carbonyl (C=O) groups excluding carboxylic acids is 2. The fourth-order valence-electron chi connectivity index (χ4n) is 3.03. The average molecular weight is 490 g/mol. The summed E-state index contributed by atoms with van der Waals surface area (Å²) in [5, 5.41) is 15.4. The molecule has 7 nitrogen and oxygen atoms in total. The number of rotatable bonds is 9. The Hall–Kier alpha value is -4.28. The standard InChI is InChI=1S/C27H24ClN3O4/c1-3-34-23-11-9-21(10-12-23)31-27(33)20(16-29)13-19-5-4-6-24(14-19)35-17-26(32)30-22-8-7-18(2)25(28)15-22/h4-15H,3,17H2,1-2H3,(H,30,32)(H,31,33)/b20-13+. The largest absolute Gasteiger partial charge is 0.494 e. The van der Waals surface area contributed by atoms with Crippen molar-refractivity contribution in [3.63, 3.8) is 0 Å². The second-order valence-electron chi connectivity index (χ2n) is 7.45. The van der Waals surface area contributed by atoms with Gasteiger partial charge in [-0.3, -0.25) is 9.59 Å². The molecule has 3 aromatic rings. The third-order valence-corrected chi connectivity index (χ3v) is 5.19. The highest BCUT2D eigenvalue weighted by Crippen LogP contribution is 2.21. The molecule has 8 heteroatoms. The maximum absolute atomic E-state index is 12.6. The predicted octanol–water partition coefficient (Wildman–Crippen LogP) is 5.61. The maximum Gasteiger partial charge on any atom is 0.266 e. The van der Waals surface area contributed by atoms with Crippen LogP contribution in [0.3, 0.4) is 0 Å². The highest BCUT2D eigenvalue weighted by molar-refractivity contribution is 6.31. The highest BCUT2D eigenvalue weighted by Gasteiger charge is 2.11. The number of anilines is 2. The van der Waals surface area contributed by atoms with E-state index in [1.165, 1.54) is 6.08 Å². The van der Waals surface area contributed by atoms with Crippen molar-refractivity contribution in [2.45, 2.75) is 13.8 Å². The number of ether oxygens (including phenoxy) is 2. The van der Waals surface area contributed by atoms with Crippen LogP contribution in [0.1, 0.15) is 18.1 Å². The molecule has 0 radical (unpaired) electrons. The summed E-state index contributed by atoms with van der Waals surface area (Å²) in [7, 11) is 0. The molecule has 0 aromatic heterocycles. The lowest BCUT2D eigenvalue weighted by Gasteiger charge is -2.09. The van der Waals surface area contributed by atoms with Crippen LogP contribution in [0.25, 0.3) is 6.08 Å². The molecular formula is C27H24ClN3O4. The van der Waals surface area contributed by atoms with Gasteiger partial charge >= 0.3 is 0 Å². The van der Waals surface area contributed by atoms with Gasteiger partial charge in [0.15, 0.2) is 6.61 Å². The molecule has 3 rings (SSSR count). The van der Waals surface area contributed by atoms with Gasteiger partial charge in [0, 0.05) is 16.4 Å². The molecule has 0 saturated heterocycles. The molecule has 0 aliphatic rings. The van der Waals surface area contributed by atoms with Crippen LogP contribution in [0.5, 0.6) is 11.5 Å². The zero-order valence-electron chi connectivity index (χ0n) is 19.3. The van der Waals surface area contributed by atoms with Gasteiger partial charge < -0.3 is 20.1 Å². The number of aryl methyl sites for hydroxylation is 1. The number of hydrogen-bond acceptors (Lipinski definition) is 5. The summed E-state index contributed by atoms with van der Waals surface area (Å²) in [5.74, 6) is 0.215. The summed E-state index contributed by atoms with van der Waals surface area (Å²) >= 11 is 6.08. The normalized spacial score (nSPS) is 10.7. The van der Waals surface area contributed by atoms with Gasteiger partial charge in [0.05, 0.1) is 6.61 Å². The van der Waals surface area contributed by atoms with Crippen LogP contribution >= 0.6 is 11.6 Å². The third kappa shape index (κ3) is 7.63. The lowest BCUT2D eigenvalue weighted by Crippen LogP contribution is -2.20. The van der Waals surface area contributed by atoms with Crippen LogP contribution in [0.15, 0.2) is 72.3 Å². The molecule has 0 fully saturated rings. The number of nitriles is 1. The van der Waals surface area contributed by atoms with Crippen molar-refractivity contribution in [3.05, 3.63) is 88.5 Å². The summed E-state index contributed by atoms with van der Waals surface area (Å²) in [6.07, 6.45) is 1.45. The number of halogens is 1. The minimum atomic E-state index is -0.542. The van der Waals surface area contributed by atoms with Gasteiger partial charge in [-0.05, 0) is 79.6 Å². The molecule has 0 spiro atoms. The van der Waals surface area contributed by atoms with Gasteiger partial charge in [0.25, 0.3) is 11.8 Å². The van der Waals surface area contributed by atoms with E-state index in [4.69, 9.17) is 21.1 Å². The number of nitrogens with one attached hydrogen (secondary N) is 2. The monoisotopic (exact) mass is 489 g/mol. The number of carbonyl (C=O) groups is 2. The Morgan fingerprint density at radius 1 is 0.971 bits per heavy atom. The fourth-order valence-corrected chi connectivity index (χ4v) is 3.21. The van der Waals surface area contributed by atoms with E-state index >= 15 is 0 Å². The van der Waals surface area contributed by atoms with E-state index in [9.17, 15) is 14.9 Å². The zero-order chi connectivity index (χ0) is 25.2. The quantitative estimate of drug-likeness (QED) is 0.300. The van der Waals surface area contributed by atoms with Crippen molar-refractivity contribution in [3.8, 4) is 17.6 Å². The van der Waals surface area contributed by atoms with Crippen LogP contribution in [0, 0.1) is 18.3 Å². The predicted molar refractivity (Wildman–Crippen MR) is 137 cm³/mol. The molecule has 3 aromatic carbocycles. The molecular weight excluding hydrogens is 466 g/mol. The Balaban J connectivity index is 1.61. The second kappa shape index (κ2) is 12.3.